The van der Waals surface area contributed by atoms with Gasteiger partial charge in [-0.3, -0.25) is 19.9 Å². The molecule has 1 saturated heterocycles. The van der Waals surface area contributed by atoms with Gasteiger partial charge in [0.2, 0.25) is 0 Å². The van der Waals surface area contributed by atoms with Gasteiger partial charge in [0, 0.05) is 60.5 Å². The van der Waals surface area contributed by atoms with Gasteiger partial charge < -0.3 is 16.1 Å². The van der Waals surface area contributed by atoms with Crippen molar-refractivity contribution in [2.24, 2.45) is 0 Å². The van der Waals surface area contributed by atoms with Gasteiger partial charge in [-0.05, 0) is 69.5 Å². The average Bonchev–Trinajstić information content (AvgIpc) is 3.52. The van der Waals surface area contributed by atoms with Crippen molar-refractivity contribution in [3.8, 4) is 12.3 Å². The van der Waals surface area contributed by atoms with E-state index in [4.69, 9.17) is 29.6 Å². The van der Waals surface area contributed by atoms with Crippen LogP contribution in [0.25, 0.3) is 10.9 Å². The average molecular weight is 646 g/mol. The van der Waals surface area contributed by atoms with Gasteiger partial charge in [-0.15, -0.1) is 12.0 Å². The van der Waals surface area contributed by atoms with Crippen LogP contribution in [0, 0.1) is 18.2 Å². The number of piperidine rings is 1. The van der Waals surface area contributed by atoms with Gasteiger partial charge in [0.05, 0.1) is 44.2 Å². The first-order valence-corrected chi connectivity index (χ1v) is 15.6. The lowest BCUT2D eigenvalue weighted by atomic mass is 9.98. The molecule has 1 fully saturated rings. The van der Waals surface area contributed by atoms with Gasteiger partial charge in [0.15, 0.2) is 5.82 Å². The monoisotopic (exact) mass is 644 g/mol. The normalized spacial score (nSPS) is 16.6. The number of rotatable bonds is 7. The summed E-state index contributed by atoms with van der Waals surface area (Å²) >= 11 is 12.9. The van der Waals surface area contributed by atoms with E-state index in [-0.39, 0.29) is 22.3 Å². The number of hydrogen-bond acceptors (Lipinski definition) is 8. The van der Waals surface area contributed by atoms with Crippen LogP contribution in [-0.2, 0) is 0 Å². The quantitative estimate of drug-likeness (QED) is 0.155. The molecule has 0 aliphatic carbocycles. The second-order valence-electron chi connectivity index (χ2n) is 12.3. The second-order valence-corrected chi connectivity index (χ2v) is 13.1. The van der Waals surface area contributed by atoms with Crippen molar-refractivity contribution in [1.29, 1.82) is 0 Å². The van der Waals surface area contributed by atoms with Crippen LogP contribution in [0.15, 0.2) is 73.0 Å². The molecule has 4 heterocycles. The minimum atomic E-state index is -0.579. The molecule has 0 spiro atoms. The van der Waals surface area contributed by atoms with Crippen molar-refractivity contribution in [2.45, 2.75) is 51.2 Å². The van der Waals surface area contributed by atoms with Crippen LogP contribution in [0.2, 0.25) is 10.0 Å². The zero-order valence-electron chi connectivity index (χ0n) is 25.3. The van der Waals surface area contributed by atoms with Gasteiger partial charge in [0.25, 0.3) is 0 Å². The number of fused-ring (bicyclic) bond motifs is 1. The Labute approximate surface area is 273 Å². The molecule has 232 valence electrons. The summed E-state index contributed by atoms with van der Waals surface area (Å²) in [6.07, 6.45) is 15.2. The van der Waals surface area contributed by atoms with Crippen molar-refractivity contribution in [2.75, 3.05) is 23.7 Å². The maximum Gasteiger partial charge on any atom is 0.165 e. The van der Waals surface area contributed by atoms with E-state index in [0.29, 0.717) is 38.9 Å². The number of likely N-dealkylation sites (tertiary alicyclic amines) is 1. The Hall–Kier alpha value is -4.07. The summed E-state index contributed by atoms with van der Waals surface area (Å²) in [5.41, 5.74) is 11.2. The van der Waals surface area contributed by atoms with Crippen molar-refractivity contribution in [3.63, 3.8) is 0 Å². The summed E-state index contributed by atoms with van der Waals surface area (Å²) < 4.78 is 14.9. The lowest BCUT2D eigenvalue weighted by Gasteiger charge is -2.42. The smallest absolute Gasteiger partial charge is 0.165 e. The van der Waals surface area contributed by atoms with Crippen molar-refractivity contribution in [1.82, 2.24) is 30.8 Å². The van der Waals surface area contributed by atoms with E-state index in [9.17, 15) is 4.39 Å². The minimum Gasteiger partial charge on any atom is -0.373 e. The van der Waals surface area contributed by atoms with Crippen LogP contribution in [0.4, 0.5) is 21.5 Å². The molecule has 0 radical (unpaired) electrons. The van der Waals surface area contributed by atoms with Gasteiger partial charge in [0.1, 0.15) is 0 Å². The molecular formula is C34H35Cl2FN8. The first kappa shape index (κ1) is 30.9. The Kier molecular flexibility index (Phi) is 8.76. The highest BCUT2D eigenvalue weighted by Gasteiger charge is 2.32. The molecule has 2 aromatic carbocycles. The number of nitrogens with one attached hydrogen (secondary N) is 4. The van der Waals surface area contributed by atoms with Crippen LogP contribution in [0.1, 0.15) is 50.8 Å². The molecule has 2 aliphatic rings. The zero-order valence-corrected chi connectivity index (χ0v) is 26.8. The molecule has 4 N–H and O–H groups in total. The predicted molar refractivity (Wildman–Crippen MR) is 181 cm³/mol. The highest BCUT2D eigenvalue weighted by molar-refractivity contribution is 6.36. The molecule has 0 unspecified atom stereocenters. The Balaban J connectivity index is 1.34. The molecule has 8 nitrogen and oxygen atoms in total. The number of hydrogen-bond donors (Lipinski definition) is 4. The van der Waals surface area contributed by atoms with E-state index < -0.39 is 5.82 Å². The molecule has 2 aliphatic heterocycles. The molecule has 11 heteroatoms. The summed E-state index contributed by atoms with van der Waals surface area (Å²) in [7, 11) is 0. The maximum absolute atomic E-state index is 14.9. The Bertz CT molecular complexity index is 1780. The lowest BCUT2D eigenvalue weighted by Crippen LogP contribution is -2.52. The van der Waals surface area contributed by atoms with E-state index in [2.05, 4.69) is 74.4 Å². The fourth-order valence-corrected chi connectivity index (χ4v) is 6.32. The number of halogens is 3. The SMILES string of the molecule is C#Cc1cnc2c(Cl)cc(N[C@H](C3=CN(C4CCN(C(C)(C)C)CC4)NN3)c3cccnc3)cc2c1Nc1cccc(Cl)c1F. The summed E-state index contributed by atoms with van der Waals surface area (Å²) in [6, 6.07) is 12.5. The van der Waals surface area contributed by atoms with Crippen molar-refractivity contribution >= 4 is 51.2 Å². The number of hydrazine groups is 2. The third kappa shape index (κ3) is 6.51. The number of nitrogens with zero attached hydrogens (tertiary/aromatic N) is 4. The summed E-state index contributed by atoms with van der Waals surface area (Å²) in [5, 5.41) is 9.99. The minimum absolute atomic E-state index is 0.0000619. The molecule has 0 amide bonds. The Morgan fingerprint density at radius 2 is 1.89 bits per heavy atom. The molecule has 6 rings (SSSR count). The number of terminal acetylenes is 1. The van der Waals surface area contributed by atoms with Crippen molar-refractivity contribution < 1.29 is 4.39 Å². The van der Waals surface area contributed by atoms with E-state index in [1.54, 1.807) is 24.5 Å². The van der Waals surface area contributed by atoms with E-state index in [1.165, 1.54) is 6.07 Å². The molecule has 2 aromatic heterocycles. The highest BCUT2D eigenvalue weighted by Crippen LogP contribution is 2.38. The zero-order chi connectivity index (χ0) is 31.7. The fraction of sp³-hybridized carbons (Fsp3) is 0.294. The Morgan fingerprint density at radius 3 is 2.60 bits per heavy atom. The van der Waals surface area contributed by atoms with Gasteiger partial charge in [-0.1, -0.05) is 41.3 Å². The Morgan fingerprint density at radius 1 is 1.09 bits per heavy atom. The largest absolute Gasteiger partial charge is 0.373 e. The standard InChI is InChI=1S/C34H35Cl2FN8/c1-5-21-19-39-33-25(31(21)41-28-10-6-9-26(35)30(28)37)16-23(17-27(33)36)40-32(22-8-7-13-38-18-22)29-20-45(43-42-29)24-11-14-44(15-12-24)34(2,3)4/h1,6-10,13,16-20,24,32,40,42-43H,11-12,14-15H2,2-4H3,(H,39,41)/t32-/m0/s1. The van der Waals surface area contributed by atoms with Crippen LogP contribution < -0.4 is 21.6 Å². The van der Waals surface area contributed by atoms with Crippen LogP contribution >= 0.6 is 23.2 Å². The molecule has 0 bridgehead atoms. The number of anilines is 3. The fourth-order valence-electron chi connectivity index (χ4n) is 5.88. The molecule has 1 atom stereocenters. The van der Waals surface area contributed by atoms with Gasteiger partial charge >= 0.3 is 0 Å². The summed E-state index contributed by atoms with van der Waals surface area (Å²) in [6.45, 7) is 8.88. The highest BCUT2D eigenvalue weighted by atomic mass is 35.5. The van der Waals surface area contributed by atoms with E-state index in [0.717, 1.165) is 37.2 Å². The van der Waals surface area contributed by atoms with Gasteiger partial charge in [-0.2, -0.15) is 0 Å². The van der Waals surface area contributed by atoms with Crippen LogP contribution in [-0.4, -0.2) is 44.5 Å². The first-order chi connectivity index (χ1) is 21.6. The number of pyridine rings is 2. The molecular weight excluding hydrogens is 610 g/mol. The van der Waals surface area contributed by atoms with Crippen LogP contribution in [0.5, 0.6) is 0 Å². The predicted octanol–water partition coefficient (Wildman–Crippen LogP) is 7.38. The second kappa shape index (κ2) is 12.7. The molecule has 0 saturated carbocycles. The molecule has 4 aromatic rings. The number of benzene rings is 2. The topological polar surface area (TPSA) is 80.4 Å². The lowest BCUT2D eigenvalue weighted by molar-refractivity contribution is 0.0570. The van der Waals surface area contributed by atoms with E-state index in [1.807, 2.05) is 30.5 Å². The summed E-state index contributed by atoms with van der Waals surface area (Å²) in [4.78, 5) is 11.4. The number of aromatic nitrogens is 2. The third-order valence-corrected chi connectivity index (χ3v) is 8.93. The maximum atomic E-state index is 14.9. The van der Waals surface area contributed by atoms with Gasteiger partial charge in [-0.25, -0.2) is 4.39 Å². The van der Waals surface area contributed by atoms with Crippen LogP contribution in [0.3, 0.4) is 0 Å². The first-order valence-electron chi connectivity index (χ1n) is 14.9. The summed E-state index contributed by atoms with van der Waals surface area (Å²) in [5.74, 6) is 2.07. The van der Waals surface area contributed by atoms with Crippen molar-refractivity contribution in [3.05, 3.63) is 99.9 Å². The third-order valence-electron chi connectivity index (χ3n) is 8.35. The van der Waals surface area contributed by atoms with E-state index >= 15 is 0 Å². The molecule has 45 heavy (non-hydrogen) atoms.